The second-order valence-corrected chi connectivity index (χ2v) is 10.8. The quantitative estimate of drug-likeness (QED) is 0.144. The van der Waals surface area contributed by atoms with Crippen molar-refractivity contribution >= 4 is 51.0 Å². The Labute approximate surface area is 240 Å². The molecule has 1 aliphatic heterocycles. The van der Waals surface area contributed by atoms with Gasteiger partial charge in [0.1, 0.15) is 11.8 Å². The maximum Gasteiger partial charge on any atom is 0.308 e. The third-order valence-electron chi connectivity index (χ3n) is 6.37. The Kier molecular flexibility index (Phi) is 15.3. The zero-order valence-corrected chi connectivity index (χ0v) is 25.1. The number of benzene rings is 1. The molecule has 0 bridgehead atoms. The first-order valence-corrected chi connectivity index (χ1v) is 15.0. The van der Waals surface area contributed by atoms with Crippen molar-refractivity contribution in [3.63, 3.8) is 0 Å². The Hall–Kier alpha value is -2.20. The van der Waals surface area contributed by atoms with Crippen LogP contribution < -0.4 is 15.4 Å². The van der Waals surface area contributed by atoms with Crippen molar-refractivity contribution in [3.8, 4) is 5.75 Å². The van der Waals surface area contributed by atoms with Crippen molar-refractivity contribution in [2.75, 3.05) is 26.3 Å². The summed E-state index contributed by atoms with van der Waals surface area (Å²) in [7, 11) is 0. The minimum Gasteiger partial charge on any atom is -0.493 e. The number of nitrogens with one attached hydrogen (secondary N) is 2. The fraction of sp³-hybridized carbons (Fsp3) is 0.643. The molecule has 1 aliphatic rings. The van der Waals surface area contributed by atoms with Gasteiger partial charge in [-0.2, -0.15) is 0 Å². The molecule has 1 saturated heterocycles. The van der Waals surface area contributed by atoms with Crippen molar-refractivity contribution in [1.82, 2.24) is 15.5 Å². The number of piperazine rings is 1. The van der Waals surface area contributed by atoms with E-state index in [1.807, 2.05) is 0 Å². The van der Waals surface area contributed by atoms with Crippen LogP contribution in [0.3, 0.4) is 0 Å². The third-order valence-corrected chi connectivity index (χ3v) is 7.20. The molecule has 1 heterocycles. The number of carbonyl (C=O) groups is 3. The highest BCUT2D eigenvalue weighted by atomic mass is 79.9. The second-order valence-electron chi connectivity index (χ2n) is 9.50. The van der Waals surface area contributed by atoms with Gasteiger partial charge in [0.05, 0.1) is 25.2 Å². The summed E-state index contributed by atoms with van der Waals surface area (Å²) in [6, 6.07) is 4.37. The second kappa shape index (κ2) is 18.2. The summed E-state index contributed by atoms with van der Waals surface area (Å²) in [5, 5.41) is 5.58. The summed E-state index contributed by atoms with van der Waals surface area (Å²) >= 11 is 8.90. The van der Waals surface area contributed by atoms with Crippen LogP contribution in [0.1, 0.15) is 94.8 Å². The van der Waals surface area contributed by atoms with Gasteiger partial charge in [-0.1, -0.05) is 81.1 Å². The SMILES string of the molecule is CCCCCCCCCCOC(=O)CC1C(=O)NCCN1C(=S)NC(=O)c1cc(Br)ccc1OCCCC. The smallest absolute Gasteiger partial charge is 0.308 e. The Balaban J connectivity index is 1.88. The molecular formula is C28H42BrN3O5S. The number of nitrogens with zero attached hydrogens (tertiary/aromatic N) is 1. The van der Waals surface area contributed by atoms with E-state index in [-0.39, 0.29) is 17.4 Å². The van der Waals surface area contributed by atoms with Gasteiger partial charge in [0.2, 0.25) is 5.91 Å². The van der Waals surface area contributed by atoms with E-state index >= 15 is 0 Å². The summed E-state index contributed by atoms with van der Waals surface area (Å²) < 4.78 is 11.9. The standard InChI is InChI=1S/C28H42BrN3O5S/c1-3-5-7-8-9-10-11-12-18-37-25(33)20-23-27(35)30-15-16-32(23)28(38)31-26(34)22-19-21(29)13-14-24(22)36-17-6-4-2/h13-14,19,23H,3-12,15-18,20H2,1-2H3,(H,30,35)(H,31,34,38). The average molecular weight is 613 g/mol. The number of rotatable bonds is 16. The van der Waals surface area contributed by atoms with Crippen LogP contribution >= 0.6 is 28.1 Å². The van der Waals surface area contributed by atoms with Crippen molar-refractivity contribution in [3.05, 3.63) is 28.2 Å². The number of thiocarbonyl (C=S) groups is 1. The number of amides is 2. The molecule has 0 spiro atoms. The van der Waals surface area contributed by atoms with E-state index in [2.05, 4.69) is 40.4 Å². The Morgan fingerprint density at radius 1 is 1.05 bits per heavy atom. The Bertz CT molecular complexity index is 930. The van der Waals surface area contributed by atoms with Gasteiger partial charge in [-0.25, -0.2) is 0 Å². The molecule has 0 aliphatic carbocycles. The van der Waals surface area contributed by atoms with Gasteiger partial charge in [-0.15, -0.1) is 0 Å². The zero-order valence-electron chi connectivity index (χ0n) is 22.7. The molecule has 0 radical (unpaired) electrons. The van der Waals surface area contributed by atoms with Gasteiger partial charge >= 0.3 is 5.97 Å². The molecular weight excluding hydrogens is 570 g/mol. The highest BCUT2D eigenvalue weighted by molar-refractivity contribution is 9.10. The molecule has 0 saturated carbocycles. The van der Waals surface area contributed by atoms with E-state index < -0.39 is 17.9 Å². The van der Waals surface area contributed by atoms with E-state index in [1.165, 1.54) is 32.1 Å². The number of carbonyl (C=O) groups excluding carboxylic acids is 3. The van der Waals surface area contributed by atoms with Crippen molar-refractivity contribution in [2.24, 2.45) is 0 Å². The van der Waals surface area contributed by atoms with E-state index in [4.69, 9.17) is 21.7 Å². The maximum absolute atomic E-state index is 13.1. The third kappa shape index (κ3) is 11.3. The highest BCUT2D eigenvalue weighted by Gasteiger charge is 2.34. The van der Waals surface area contributed by atoms with Gasteiger partial charge < -0.3 is 19.7 Å². The van der Waals surface area contributed by atoms with Crippen LogP contribution in [0.15, 0.2) is 22.7 Å². The van der Waals surface area contributed by atoms with E-state index in [0.717, 1.165) is 36.6 Å². The average Bonchev–Trinajstić information content (AvgIpc) is 2.89. The molecule has 1 fully saturated rings. The topological polar surface area (TPSA) is 97.0 Å². The van der Waals surface area contributed by atoms with Crippen molar-refractivity contribution in [1.29, 1.82) is 0 Å². The van der Waals surface area contributed by atoms with Gasteiger partial charge in [0.15, 0.2) is 5.11 Å². The number of halogens is 1. The summed E-state index contributed by atoms with van der Waals surface area (Å²) in [6.45, 7) is 5.85. The number of unbranched alkanes of at least 4 members (excludes halogenated alkanes) is 8. The van der Waals surface area contributed by atoms with Crippen LogP contribution in [-0.2, 0) is 14.3 Å². The van der Waals surface area contributed by atoms with E-state index in [1.54, 1.807) is 23.1 Å². The minimum absolute atomic E-state index is 0.0882. The first kappa shape index (κ1) is 32.0. The fourth-order valence-corrected chi connectivity index (χ4v) is 4.84. The monoisotopic (exact) mass is 611 g/mol. The largest absolute Gasteiger partial charge is 0.493 e. The van der Waals surface area contributed by atoms with Crippen molar-refractivity contribution in [2.45, 2.75) is 90.5 Å². The van der Waals surface area contributed by atoms with Gasteiger partial charge in [0, 0.05) is 17.6 Å². The molecule has 1 atom stereocenters. The van der Waals surface area contributed by atoms with E-state index in [0.29, 0.717) is 37.6 Å². The number of hydrogen-bond donors (Lipinski definition) is 2. The summed E-state index contributed by atoms with van der Waals surface area (Å²) in [4.78, 5) is 39.8. The molecule has 2 N–H and O–H groups in total. The van der Waals surface area contributed by atoms with Crippen LogP contribution in [0.25, 0.3) is 0 Å². The molecule has 1 aromatic carbocycles. The maximum atomic E-state index is 13.1. The van der Waals surface area contributed by atoms with Crippen LogP contribution in [0.4, 0.5) is 0 Å². The Morgan fingerprint density at radius 2 is 1.74 bits per heavy atom. The molecule has 212 valence electrons. The lowest BCUT2D eigenvalue weighted by atomic mass is 10.1. The molecule has 0 aromatic heterocycles. The van der Waals surface area contributed by atoms with Crippen LogP contribution in [0.5, 0.6) is 5.75 Å². The molecule has 10 heteroatoms. The molecule has 8 nitrogen and oxygen atoms in total. The lowest BCUT2D eigenvalue weighted by Gasteiger charge is -2.36. The number of esters is 1. The summed E-state index contributed by atoms with van der Waals surface area (Å²) in [5.41, 5.74) is 0.334. The first-order valence-electron chi connectivity index (χ1n) is 13.8. The molecule has 1 unspecified atom stereocenters. The normalized spacial score (nSPS) is 15.1. The summed E-state index contributed by atoms with van der Waals surface area (Å²) in [6.07, 6.45) is 10.9. The van der Waals surface area contributed by atoms with Crippen LogP contribution in [0, 0.1) is 0 Å². The molecule has 1 aromatic rings. The summed E-state index contributed by atoms with van der Waals surface area (Å²) in [5.74, 6) is -0.750. The minimum atomic E-state index is -0.842. The molecule has 38 heavy (non-hydrogen) atoms. The lowest BCUT2D eigenvalue weighted by molar-refractivity contribution is -0.147. The molecule has 2 amide bonds. The number of hydrogen-bond acceptors (Lipinski definition) is 6. The van der Waals surface area contributed by atoms with Crippen LogP contribution in [-0.4, -0.2) is 60.1 Å². The van der Waals surface area contributed by atoms with Crippen molar-refractivity contribution < 1.29 is 23.9 Å². The zero-order chi connectivity index (χ0) is 27.8. The van der Waals surface area contributed by atoms with Crippen LogP contribution in [0.2, 0.25) is 0 Å². The number of ether oxygens (including phenoxy) is 2. The van der Waals surface area contributed by atoms with Gasteiger partial charge in [0.25, 0.3) is 5.91 Å². The molecule has 2 rings (SSSR count). The first-order chi connectivity index (χ1) is 18.4. The lowest BCUT2D eigenvalue weighted by Crippen LogP contribution is -2.60. The van der Waals surface area contributed by atoms with Gasteiger partial charge in [-0.3, -0.25) is 19.7 Å². The Morgan fingerprint density at radius 3 is 2.45 bits per heavy atom. The predicted molar refractivity (Wildman–Crippen MR) is 156 cm³/mol. The fourth-order valence-electron chi connectivity index (χ4n) is 4.17. The predicted octanol–water partition coefficient (Wildman–Crippen LogP) is 5.52. The van der Waals surface area contributed by atoms with Gasteiger partial charge in [-0.05, 0) is 43.3 Å². The van der Waals surface area contributed by atoms with E-state index in [9.17, 15) is 14.4 Å². The highest BCUT2D eigenvalue weighted by Crippen LogP contribution is 2.24.